The average molecular weight is 441 g/mol. The van der Waals surface area contributed by atoms with Crippen LogP contribution in [0.1, 0.15) is 24.4 Å². The smallest absolute Gasteiger partial charge is 0.405 e. The predicted molar refractivity (Wildman–Crippen MR) is 106 cm³/mol. The van der Waals surface area contributed by atoms with Crippen LogP contribution < -0.4 is 10.1 Å². The third-order valence-corrected chi connectivity index (χ3v) is 6.75. The first-order valence-corrected chi connectivity index (χ1v) is 11.0. The lowest BCUT2D eigenvalue weighted by molar-refractivity contribution is 0.130. The molecule has 156 valence electrons. The summed E-state index contributed by atoms with van der Waals surface area (Å²) in [4.78, 5) is 19.1. The second-order valence-corrected chi connectivity index (χ2v) is 8.99. The van der Waals surface area contributed by atoms with E-state index in [9.17, 15) is 13.2 Å². The Balaban J connectivity index is 1.62. The number of halogens is 1. The van der Waals surface area contributed by atoms with E-state index in [1.165, 1.54) is 16.7 Å². The zero-order valence-corrected chi connectivity index (χ0v) is 17.0. The number of ether oxygens (including phenoxy) is 1. The number of carboxylic acid groups (broad SMARTS) is 1. The maximum Gasteiger partial charge on any atom is 0.405 e. The molecule has 0 spiro atoms. The number of nitrogens with one attached hydrogen (secondary N) is 1. The highest BCUT2D eigenvalue weighted by atomic mass is 35.5. The van der Waals surface area contributed by atoms with E-state index in [1.54, 1.807) is 30.5 Å². The number of rotatable bonds is 7. The molecule has 29 heavy (non-hydrogen) atoms. The van der Waals surface area contributed by atoms with Gasteiger partial charge < -0.3 is 15.2 Å². The Labute approximate surface area is 173 Å². The van der Waals surface area contributed by atoms with E-state index >= 15 is 0 Å². The van der Waals surface area contributed by atoms with Gasteiger partial charge in [-0.1, -0.05) is 17.7 Å². The minimum Gasteiger partial charge on any atom is -0.473 e. The standard InChI is InChI=1S/C18H21ClN4O5S/c19-15-4-2-8-21-17(15)28-14-5-9-23(10-6-14)29(26,27)12-16(22-18(24)25)13-3-1-7-20-11-13/h1-4,7-8,11,14,16,22H,5-6,9-10,12H2,(H,24,25). The van der Waals surface area contributed by atoms with Crippen LogP contribution in [-0.2, 0) is 10.0 Å². The highest BCUT2D eigenvalue weighted by Crippen LogP contribution is 2.26. The van der Waals surface area contributed by atoms with Crippen molar-refractivity contribution in [2.24, 2.45) is 0 Å². The van der Waals surface area contributed by atoms with Crippen LogP contribution in [0, 0.1) is 0 Å². The van der Waals surface area contributed by atoms with Crippen molar-refractivity contribution in [1.29, 1.82) is 0 Å². The molecule has 1 fully saturated rings. The Morgan fingerprint density at radius 1 is 1.31 bits per heavy atom. The molecule has 2 aromatic rings. The quantitative estimate of drug-likeness (QED) is 0.677. The number of carbonyl (C=O) groups is 1. The van der Waals surface area contributed by atoms with Crippen molar-refractivity contribution >= 4 is 27.7 Å². The fourth-order valence-electron chi connectivity index (χ4n) is 3.11. The first-order valence-electron chi connectivity index (χ1n) is 8.99. The van der Waals surface area contributed by atoms with Gasteiger partial charge in [0.05, 0.1) is 11.8 Å². The van der Waals surface area contributed by atoms with Crippen LogP contribution in [0.15, 0.2) is 42.9 Å². The number of pyridine rings is 2. The van der Waals surface area contributed by atoms with Crippen LogP contribution in [0.25, 0.3) is 0 Å². The summed E-state index contributed by atoms with van der Waals surface area (Å²) < 4.78 is 32.9. The predicted octanol–water partition coefficient (Wildman–Crippen LogP) is 2.31. The van der Waals surface area contributed by atoms with Crippen LogP contribution in [0.2, 0.25) is 5.02 Å². The van der Waals surface area contributed by atoms with Gasteiger partial charge in [0.2, 0.25) is 15.9 Å². The largest absolute Gasteiger partial charge is 0.473 e. The maximum absolute atomic E-state index is 12.9. The normalized spacial score (nSPS) is 16.9. The van der Waals surface area contributed by atoms with E-state index < -0.39 is 22.2 Å². The number of nitrogens with zero attached hydrogens (tertiary/aromatic N) is 3. The first-order chi connectivity index (χ1) is 13.8. The summed E-state index contributed by atoms with van der Waals surface area (Å²) in [6.07, 6.45) is 4.04. The van der Waals surface area contributed by atoms with Crippen LogP contribution in [0.4, 0.5) is 4.79 Å². The second-order valence-electron chi connectivity index (χ2n) is 6.57. The van der Waals surface area contributed by atoms with Gasteiger partial charge in [-0.15, -0.1) is 0 Å². The van der Waals surface area contributed by atoms with Crippen molar-refractivity contribution in [2.45, 2.75) is 25.0 Å². The van der Waals surface area contributed by atoms with Crippen LogP contribution in [0.5, 0.6) is 5.88 Å². The summed E-state index contributed by atoms with van der Waals surface area (Å²) in [5.74, 6) is -0.0551. The molecule has 1 aliphatic rings. The molecule has 1 saturated heterocycles. The number of hydrogen-bond acceptors (Lipinski definition) is 6. The molecule has 0 aliphatic carbocycles. The van der Waals surface area contributed by atoms with Crippen LogP contribution in [0.3, 0.4) is 0 Å². The second kappa shape index (κ2) is 9.38. The van der Waals surface area contributed by atoms with Crippen LogP contribution in [-0.4, -0.2) is 58.8 Å². The summed E-state index contributed by atoms with van der Waals surface area (Å²) >= 11 is 6.05. The maximum atomic E-state index is 12.9. The van der Waals surface area contributed by atoms with Gasteiger partial charge in [0.15, 0.2) is 0 Å². The molecule has 1 aliphatic heterocycles. The molecule has 2 N–H and O–H groups in total. The molecule has 0 bridgehead atoms. The van der Waals surface area contributed by atoms with Gasteiger partial charge in [0, 0.05) is 31.7 Å². The van der Waals surface area contributed by atoms with Gasteiger partial charge in [-0.3, -0.25) is 4.98 Å². The van der Waals surface area contributed by atoms with Gasteiger partial charge >= 0.3 is 6.09 Å². The molecule has 1 unspecified atom stereocenters. The van der Waals surface area contributed by atoms with E-state index in [0.717, 1.165) is 0 Å². The van der Waals surface area contributed by atoms with Crippen molar-refractivity contribution in [3.05, 3.63) is 53.4 Å². The van der Waals surface area contributed by atoms with Gasteiger partial charge in [0.25, 0.3) is 0 Å². The van der Waals surface area contributed by atoms with Gasteiger partial charge in [0.1, 0.15) is 11.1 Å². The third kappa shape index (κ3) is 5.78. The first kappa shape index (κ1) is 21.3. The molecule has 3 heterocycles. The van der Waals surface area contributed by atoms with E-state index in [4.69, 9.17) is 21.4 Å². The van der Waals surface area contributed by atoms with Crippen molar-refractivity contribution in [2.75, 3.05) is 18.8 Å². The molecule has 0 saturated carbocycles. The number of hydrogen-bond donors (Lipinski definition) is 2. The third-order valence-electron chi connectivity index (χ3n) is 4.56. The van der Waals surface area contributed by atoms with Crippen molar-refractivity contribution in [3.63, 3.8) is 0 Å². The molecule has 1 atom stereocenters. The molecule has 0 aromatic carbocycles. The summed E-state index contributed by atoms with van der Waals surface area (Å²) in [7, 11) is -3.70. The Morgan fingerprint density at radius 3 is 2.66 bits per heavy atom. The van der Waals surface area contributed by atoms with Crippen molar-refractivity contribution < 1.29 is 23.1 Å². The van der Waals surface area contributed by atoms with Crippen molar-refractivity contribution in [1.82, 2.24) is 19.6 Å². The molecule has 11 heteroatoms. The summed E-state index contributed by atoms with van der Waals surface area (Å²) in [5.41, 5.74) is 0.487. The topological polar surface area (TPSA) is 122 Å². The van der Waals surface area contributed by atoms with Gasteiger partial charge in [-0.05, 0) is 36.6 Å². The fourth-order valence-corrected chi connectivity index (χ4v) is 4.95. The van der Waals surface area contributed by atoms with Crippen LogP contribution >= 0.6 is 11.6 Å². The lowest BCUT2D eigenvalue weighted by Gasteiger charge is -2.32. The van der Waals surface area contributed by atoms with Gasteiger partial charge in [-0.2, -0.15) is 0 Å². The summed E-state index contributed by atoms with van der Waals surface area (Å²) in [6.45, 7) is 0.536. The number of aromatic nitrogens is 2. The van der Waals surface area contributed by atoms with E-state index in [2.05, 4.69) is 15.3 Å². The SMILES string of the molecule is O=C(O)NC(CS(=O)(=O)N1CCC(Oc2ncccc2Cl)CC1)c1cccnc1. The number of sulfonamides is 1. The lowest BCUT2D eigenvalue weighted by Crippen LogP contribution is -2.45. The Morgan fingerprint density at radius 2 is 2.03 bits per heavy atom. The molecular weight excluding hydrogens is 420 g/mol. The van der Waals surface area contributed by atoms with E-state index in [1.807, 2.05) is 0 Å². The summed E-state index contributed by atoms with van der Waals surface area (Å²) in [5, 5.41) is 11.7. The highest BCUT2D eigenvalue weighted by molar-refractivity contribution is 7.89. The number of piperidine rings is 1. The molecule has 9 nitrogen and oxygen atoms in total. The van der Waals surface area contributed by atoms with E-state index in [0.29, 0.717) is 29.3 Å². The zero-order valence-electron chi connectivity index (χ0n) is 15.4. The molecule has 2 aromatic heterocycles. The van der Waals surface area contributed by atoms with E-state index in [-0.39, 0.29) is 24.9 Å². The number of amides is 1. The summed E-state index contributed by atoms with van der Waals surface area (Å²) in [6, 6.07) is 5.74. The molecule has 3 rings (SSSR count). The molecule has 1 amide bonds. The zero-order chi connectivity index (χ0) is 20.9. The molecule has 0 radical (unpaired) electrons. The lowest BCUT2D eigenvalue weighted by atomic mass is 10.1. The molecular formula is C18H21ClN4O5S. The Hall–Kier alpha value is -2.43. The monoisotopic (exact) mass is 440 g/mol. The minimum atomic E-state index is -3.70. The minimum absolute atomic E-state index is 0.194. The highest BCUT2D eigenvalue weighted by Gasteiger charge is 2.32. The average Bonchev–Trinajstić information content (AvgIpc) is 2.70. The fraction of sp³-hybridized carbons (Fsp3) is 0.389. The Bertz CT molecular complexity index is 936. The Kier molecular flexibility index (Phi) is 6.88. The van der Waals surface area contributed by atoms with Gasteiger partial charge in [-0.25, -0.2) is 22.5 Å². The van der Waals surface area contributed by atoms with Crippen molar-refractivity contribution in [3.8, 4) is 5.88 Å².